The average Bonchev–Trinajstić information content (AvgIpc) is 2.49. The molecule has 0 unspecified atom stereocenters. The third-order valence-electron chi connectivity index (χ3n) is 3.48. The van der Waals surface area contributed by atoms with Gasteiger partial charge in [-0.2, -0.15) is 0 Å². The fourth-order valence-corrected chi connectivity index (χ4v) is 3.41. The fraction of sp³-hybridized carbons (Fsp3) is 0. The molecule has 3 aromatic carbocycles. The van der Waals surface area contributed by atoms with Crippen molar-refractivity contribution in [2.45, 2.75) is 0 Å². The van der Waals surface area contributed by atoms with Crippen LogP contribution in [-0.2, 0) is 0 Å². The van der Waals surface area contributed by atoms with Crippen LogP contribution < -0.4 is 0 Å². The van der Waals surface area contributed by atoms with E-state index in [1.807, 2.05) is 6.07 Å². The van der Waals surface area contributed by atoms with Crippen molar-refractivity contribution < 1.29 is 5.11 Å². The summed E-state index contributed by atoms with van der Waals surface area (Å²) in [6.07, 6.45) is 0. The van der Waals surface area contributed by atoms with Gasteiger partial charge >= 0.3 is 0 Å². The molecule has 0 heterocycles. The van der Waals surface area contributed by atoms with Gasteiger partial charge in [0.15, 0.2) is 0 Å². The topological polar surface area (TPSA) is 20.2 Å². The smallest absolute Gasteiger partial charge is 0.131 e. The van der Waals surface area contributed by atoms with Crippen molar-refractivity contribution in [3.8, 4) is 28.0 Å². The van der Waals surface area contributed by atoms with Crippen LogP contribution in [0.5, 0.6) is 5.75 Å². The molecule has 0 fully saturated rings. The Hall–Kier alpha value is -1.38. The van der Waals surface area contributed by atoms with Gasteiger partial charge in [-0.1, -0.05) is 76.7 Å². The fourth-order valence-electron chi connectivity index (χ4n) is 2.39. The number of benzene rings is 3. The molecule has 5 heteroatoms. The lowest BCUT2D eigenvalue weighted by Gasteiger charge is -2.13. The molecule has 0 atom stereocenters. The Balaban J connectivity index is 2.19. The van der Waals surface area contributed by atoms with Crippen LogP contribution in [0.2, 0.25) is 20.1 Å². The summed E-state index contributed by atoms with van der Waals surface area (Å²) in [5.41, 5.74) is 2.60. The van der Waals surface area contributed by atoms with Crippen LogP contribution in [0.25, 0.3) is 22.3 Å². The maximum Gasteiger partial charge on any atom is 0.131 e. The van der Waals surface area contributed by atoms with E-state index in [1.54, 1.807) is 48.5 Å². The number of hydrogen-bond donors (Lipinski definition) is 1. The van der Waals surface area contributed by atoms with Gasteiger partial charge in [-0.25, -0.2) is 0 Å². The van der Waals surface area contributed by atoms with Gasteiger partial charge in [-0.3, -0.25) is 0 Å². The highest BCUT2D eigenvalue weighted by molar-refractivity contribution is 6.37. The van der Waals surface area contributed by atoms with Gasteiger partial charge < -0.3 is 5.11 Å². The zero-order chi connectivity index (χ0) is 16.6. The summed E-state index contributed by atoms with van der Waals surface area (Å²) in [6, 6.07) is 15.7. The van der Waals surface area contributed by atoms with Crippen molar-refractivity contribution in [3.05, 3.63) is 74.7 Å². The molecule has 23 heavy (non-hydrogen) atoms. The van der Waals surface area contributed by atoms with Crippen LogP contribution >= 0.6 is 46.4 Å². The predicted molar refractivity (Wildman–Crippen MR) is 99.0 cm³/mol. The number of phenols is 1. The van der Waals surface area contributed by atoms with Gasteiger partial charge in [0.25, 0.3) is 0 Å². The molecule has 0 spiro atoms. The van der Waals surface area contributed by atoms with E-state index in [0.717, 1.165) is 0 Å². The van der Waals surface area contributed by atoms with E-state index in [9.17, 15) is 5.11 Å². The Bertz CT molecular complexity index is 820. The summed E-state index contributed by atoms with van der Waals surface area (Å²) in [5, 5.41) is 12.7. The zero-order valence-electron chi connectivity index (χ0n) is 11.7. The molecule has 3 rings (SSSR count). The second kappa shape index (κ2) is 6.62. The first kappa shape index (κ1) is 16.5. The highest BCUT2D eigenvalue weighted by Crippen LogP contribution is 2.43. The Morgan fingerprint density at radius 2 is 1.00 bits per heavy atom. The largest absolute Gasteiger partial charge is 0.507 e. The molecule has 0 amide bonds. The molecule has 3 aromatic rings. The van der Waals surface area contributed by atoms with Crippen molar-refractivity contribution in [1.29, 1.82) is 0 Å². The average molecular weight is 384 g/mol. The van der Waals surface area contributed by atoms with Crippen LogP contribution in [-0.4, -0.2) is 5.11 Å². The molecule has 0 aliphatic carbocycles. The van der Waals surface area contributed by atoms with Crippen molar-refractivity contribution in [3.63, 3.8) is 0 Å². The Morgan fingerprint density at radius 3 is 1.39 bits per heavy atom. The van der Waals surface area contributed by atoms with Crippen LogP contribution in [0.3, 0.4) is 0 Å². The van der Waals surface area contributed by atoms with Gasteiger partial charge in [0.2, 0.25) is 0 Å². The van der Waals surface area contributed by atoms with Gasteiger partial charge in [0.1, 0.15) is 5.75 Å². The van der Waals surface area contributed by atoms with Crippen molar-refractivity contribution in [1.82, 2.24) is 0 Å². The lowest BCUT2D eigenvalue weighted by Crippen LogP contribution is -1.86. The molecule has 0 saturated carbocycles. The first-order valence-electron chi connectivity index (χ1n) is 6.70. The minimum atomic E-state index is 0.0981. The summed E-state index contributed by atoms with van der Waals surface area (Å²) in [7, 11) is 0. The molecule has 1 N–H and O–H groups in total. The minimum Gasteiger partial charge on any atom is -0.507 e. The monoisotopic (exact) mass is 382 g/mol. The lowest BCUT2D eigenvalue weighted by atomic mass is 9.97. The number of rotatable bonds is 2. The van der Waals surface area contributed by atoms with E-state index >= 15 is 0 Å². The molecule has 0 radical (unpaired) electrons. The van der Waals surface area contributed by atoms with E-state index in [4.69, 9.17) is 46.4 Å². The van der Waals surface area contributed by atoms with Crippen LogP contribution in [0.15, 0.2) is 54.6 Å². The van der Waals surface area contributed by atoms with Crippen LogP contribution in [0, 0.1) is 0 Å². The van der Waals surface area contributed by atoms with Gasteiger partial charge in [0.05, 0.1) is 10.0 Å². The number of hydrogen-bond acceptors (Lipinski definition) is 1. The Labute approximate surface area is 154 Å². The summed E-state index contributed by atoms with van der Waals surface area (Å²) in [5.74, 6) is 0.0981. The van der Waals surface area contributed by atoms with E-state index in [-0.39, 0.29) is 5.75 Å². The Kier molecular flexibility index (Phi) is 4.74. The summed E-state index contributed by atoms with van der Waals surface area (Å²) < 4.78 is 0. The molecular formula is C18H10Cl4O. The molecular weight excluding hydrogens is 374 g/mol. The number of aromatic hydroxyl groups is 1. The first-order chi connectivity index (χ1) is 11.0. The second-order valence-electron chi connectivity index (χ2n) is 4.95. The highest BCUT2D eigenvalue weighted by Gasteiger charge is 2.15. The first-order valence-corrected chi connectivity index (χ1v) is 8.21. The molecule has 0 saturated heterocycles. The molecule has 0 bridgehead atoms. The third-order valence-corrected chi connectivity index (χ3v) is 4.57. The van der Waals surface area contributed by atoms with E-state index in [2.05, 4.69) is 0 Å². The molecule has 0 aliphatic heterocycles. The maximum atomic E-state index is 10.7. The maximum absolute atomic E-state index is 10.7. The minimum absolute atomic E-state index is 0.0981. The normalized spacial score (nSPS) is 10.8. The van der Waals surface area contributed by atoms with Gasteiger partial charge in [0, 0.05) is 32.3 Å². The molecule has 116 valence electrons. The SMILES string of the molecule is Oc1c(-c2ccc(Cl)cc2Cl)cccc1-c1ccc(Cl)cc1Cl. The second-order valence-corrected chi connectivity index (χ2v) is 6.64. The summed E-state index contributed by atoms with van der Waals surface area (Å²) in [6.45, 7) is 0. The van der Waals surface area contributed by atoms with Crippen molar-refractivity contribution in [2.24, 2.45) is 0 Å². The third kappa shape index (κ3) is 3.29. The molecule has 1 nitrogen and oxygen atoms in total. The standard InChI is InChI=1S/C18H10Cl4O/c19-10-4-6-12(16(21)8-10)14-2-1-3-15(18(14)23)13-7-5-11(20)9-17(13)22/h1-9,23H. The van der Waals surface area contributed by atoms with Crippen molar-refractivity contribution in [2.75, 3.05) is 0 Å². The number of halogens is 4. The van der Waals surface area contributed by atoms with Crippen LogP contribution in [0.1, 0.15) is 0 Å². The summed E-state index contributed by atoms with van der Waals surface area (Å²) in [4.78, 5) is 0. The highest BCUT2D eigenvalue weighted by atomic mass is 35.5. The Morgan fingerprint density at radius 1 is 0.565 bits per heavy atom. The quantitative estimate of drug-likeness (QED) is 0.490. The van der Waals surface area contributed by atoms with Crippen molar-refractivity contribution >= 4 is 46.4 Å². The summed E-state index contributed by atoms with van der Waals surface area (Å²) >= 11 is 24.4. The molecule has 0 aromatic heterocycles. The number of phenolic OH excluding ortho intramolecular Hbond substituents is 1. The van der Waals surface area contributed by atoms with E-state index < -0.39 is 0 Å². The van der Waals surface area contributed by atoms with Crippen LogP contribution in [0.4, 0.5) is 0 Å². The van der Waals surface area contributed by atoms with E-state index in [1.165, 1.54) is 0 Å². The zero-order valence-corrected chi connectivity index (χ0v) is 14.7. The predicted octanol–water partition coefficient (Wildman–Crippen LogP) is 7.34. The molecule has 0 aliphatic rings. The lowest BCUT2D eigenvalue weighted by molar-refractivity contribution is 0.479. The van der Waals surface area contributed by atoms with Gasteiger partial charge in [-0.05, 0) is 24.3 Å². The van der Waals surface area contributed by atoms with E-state index in [0.29, 0.717) is 42.3 Å². The number of para-hydroxylation sites is 1. The van der Waals surface area contributed by atoms with Gasteiger partial charge in [-0.15, -0.1) is 0 Å².